The number of nitrogens with zero attached hydrogens (tertiary/aromatic N) is 2. The number of rotatable bonds is 5. The Kier molecular flexibility index (Phi) is 8.54. The summed E-state index contributed by atoms with van der Waals surface area (Å²) in [6, 6.07) is 13.7. The molecular weight excluding hydrogens is 550 g/mol. The van der Waals surface area contributed by atoms with Gasteiger partial charge in [0.1, 0.15) is 5.75 Å². The van der Waals surface area contributed by atoms with Crippen molar-refractivity contribution in [3.63, 3.8) is 0 Å². The van der Waals surface area contributed by atoms with E-state index >= 15 is 0 Å². The molecule has 5 rings (SSSR count). The van der Waals surface area contributed by atoms with Crippen molar-refractivity contribution in [3.8, 4) is 16.9 Å². The zero-order valence-electron chi connectivity index (χ0n) is 22.8. The number of ether oxygens (including phenoxy) is 1. The van der Waals surface area contributed by atoms with Crippen LogP contribution >= 0.6 is 11.6 Å². The second kappa shape index (κ2) is 12.3. The molecule has 2 unspecified atom stereocenters. The molecule has 7 nitrogen and oxygen atoms in total. The van der Waals surface area contributed by atoms with Crippen LogP contribution in [0.3, 0.4) is 0 Å². The highest BCUT2D eigenvalue weighted by Gasteiger charge is 2.30. The number of hydrogen-bond acceptors (Lipinski definition) is 5. The number of carbonyl (C=O) groups is 2. The summed E-state index contributed by atoms with van der Waals surface area (Å²) in [5, 5.41) is 6.57. The highest BCUT2D eigenvalue weighted by molar-refractivity contribution is 6.30. The molecule has 2 aromatic carbocycles. The Bertz CT molecular complexity index is 1500. The van der Waals surface area contributed by atoms with Gasteiger partial charge >= 0.3 is 6.61 Å². The number of fused-ring (bicyclic) bond motifs is 4. The van der Waals surface area contributed by atoms with E-state index in [9.17, 15) is 18.4 Å². The van der Waals surface area contributed by atoms with Crippen LogP contribution in [0.4, 0.5) is 20.2 Å². The summed E-state index contributed by atoms with van der Waals surface area (Å²) in [5.74, 6) is -0.559. The minimum Gasteiger partial charge on any atom is -0.434 e. The monoisotopic (exact) mass is 580 g/mol. The quantitative estimate of drug-likeness (QED) is 0.334. The second-order valence-electron chi connectivity index (χ2n) is 10.3. The summed E-state index contributed by atoms with van der Waals surface area (Å²) in [6.45, 7) is -0.735. The van der Waals surface area contributed by atoms with Crippen LogP contribution in [0.15, 0.2) is 60.8 Å². The third-order valence-corrected chi connectivity index (χ3v) is 7.88. The Morgan fingerprint density at radius 3 is 2.68 bits per heavy atom. The van der Waals surface area contributed by atoms with Crippen molar-refractivity contribution in [1.82, 2.24) is 9.88 Å². The summed E-state index contributed by atoms with van der Waals surface area (Å²) >= 11 is 6.15. The maximum absolute atomic E-state index is 13.6. The number of pyridine rings is 1. The van der Waals surface area contributed by atoms with Gasteiger partial charge in [0, 0.05) is 53.6 Å². The molecule has 41 heavy (non-hydrogen) atoms. The van der Waals surface area contributed by atoms with E-state index in [-0.39, 0.29) is 29.5 Å². The lowest BCUT2D eigenvalue weighted by Gasteiger charge is -2.35. The van der Waals surface area contributed by atoms with E-state index < -0.39 is 6.61 Å². The van der Waals surface area contributed by atoms with E-state index in [4.69, 9.17) is 16.3 Å². The number of anilines is 2. The molecule has 3 heterocycles. The van der Waals surface area contributed by atoms with Crippen molar-refractivity contribution in [3.05, 3.63) is 77.1 Å². The largest absolute Gasteiger partial charge is 0.434 e. The highest BCUT2D eigenvalue weighted by Crippen LogP contribution is 2.38. The van der Waals surface area contributed by atoms with Crippen molar-refractivity contribution in [2.45, 2.75) is 45.3 Å². The molecule has 0 radical (unpaired) electrons. The predicted octanol–water partition coefficient (Wildman–Crippen LogP) is 7.16. The summed E-state index contributed by atoms with van der Waals surface area (Å²) in [6.07, 6.45) is 5.58. The highest BCUT2D eigenvalue weighted by atomic mass is 35.5. The molecule has 2 amide bonds. The standard InChI is InChI=1S/C31H31ClF2N4O3/c1-18-4-3-5-27(26-14-19(10-12-36-26)23-8-7-22(35-2)17-25(23)37-30(18)40)38-13-11-20(15-29(38)39)24-16-21(32)6-9-28(24)41-31(33)34/h6-10,12,14-18,27,31,35H,3-5,11,13H2,1-2H3,(H,37,40). The molecule has 0 saturated heterocycles. The molecule has 0 fully saturated rings. The van der Waals surface area contributed by atoms with Crippen LogP contribution in [-0.2, 0) is 9.59 Å². The third kappa shape index (κ3) is 6.35. The topological polar surface area (TPSA) is 83.6 Å². The first kappa shape index (κ1) is 28.5. The van der Waals surface area contributed by atoms with Crippen LogP contribution in [0.5, 0.6) is 5.75 Å². The molecule has 3 aromatic rings. The number of hydrogen-bond donors (Lipinski definition) is 2. The number of amides is 2. The fourth-order valence-electron chi connectivity index (χ4n) is 5.45. The lowest BCUT2D eigenvalue weighted by Crippen LogP contribution is -2.38. The van der Waals surface area contributed by atoms with Crippen molar-refractivity contribution >= 4 is 40.4 Å². The van der Waals surface area contributed by atoms with Crippen LogP contribution < -0.4 is 15.4 Å². The summed E-state index contributed by atoms with van der Waals surface area (Å²) in [5.41, 5.74) is 5.01. The molecule has 0 spiro atoms. The number of halogens is 3. The molecule has 214 valence electrons. The van der Waals surface area contributed by atoms with E-state index in [0.29, 0.717) is 54.1 Å². The normalized spacial score (nSPS) is 19.5. The third-order valence-electron chi connectivity index (χ3n) is 7.64. The van der Waals surface area contributed by atoms with Gasteiger partial charge in [-0.2, -0.15) is 8.78 Å². The second-order valence-corrected chi connectivity index (χ2v) is 10.7. The van der Waals surface area contributed by atoms with Gasteiger partial charge in [0.15, 0.2) is 0 Å². The molecule has 2 bridgehead atoms. The van der Waals surface area contributed by atoms with Gasteiger partial charge in [0.2, 0.25) is 11.8 Å². The smallest absolute Gasteiger partial charge is 0.387 e. The number of aromatic nitrogens is 1. The van der Waals surface area contributed by atoms with Crippen molar-refractivity contribution < 1.29 is 23.1 Å². The van der Waals surface area contributed by atoms with Gasteiger partial charge in [-0.25, -0.2) is 0 Å². The Labute approximate surface area is 242 Å². The Hall–Kier alpha value is -3.98. The maximum Gasteiger partial charge on any atom is 0.387 e. The van der Waals surface area contributed by atoms with Gasteiger partial charge in [0.05, 0.1) is 17.4 Å². The maximum atomic E-state index is 13.6. The molecule has 10 heteroatoms. The van der Waals surface area contributed by atoms with Gasteiger partial charge in [-0.15, -0.1) is 0 Å². The van der Waals surface area contributed by atoms with Gasteiger partial charge in [0.25, 0.3) is 0 Å². The summed E-state index contributed by atoms with van der Waals surface area (Å²) in [7, 11) is 1.82. The van der Waals surface area contributed by atoms with Crippen LogP contribution in [0, 0.1) is 5.92 Å². The van der Waals surface area contributed by atoms with Crippen molar-refractivity contribution in [1.29, 1.82) is 0 Å². The lowest BCUT2D eigenvalue weighted by atomic mass is 9.92. The van der Waals surface area contributed by atoms with Crippen LogP contribution in [0.25, 0.3) is 16.7 Å². The first-order valence-corrected chi connectivity index (χ1v) is 14.0. The van der Waals surface area contributed by atoms with Crippen LogP contribution in [0.2, 0.25) is 5.02 Å². The van der Waals surface area contributed by atoms with Gasteiger partial charge in [-0.3, -0.25) is 14.6 Å². The van der Waals surface area contributed by atoms with Gasteiger partial charge in [-0.1, -0.05) is 31.0 Å². The average molecular weight is 581 g/mol. The molecule has 2 N–H and O–H groups in total. The van der Waals surface area contributed by atoms with E-state index in [0.717, 1.165) is 22.5 Å². The van der Waals surface area contributed by atoms with Crippen LogP contribution in [-0.4, -0.2) is 41.9 Å². The summed E-state index contributed by atoms with van der Waals surface area (Å²) < 4.78 is 30.8. The first-order valence-electron chi connectivity index (χ1n) is 13.6. The number of benzene rings is 2. The molecule has 1 aromatic heterocycles. The Balaban J connectivity index is 1.51. The average Bonchev–Trinajstić information content (AvgIpc) is 2.95. The first-order chi connectivity index (χ1) is 19.7. The number of alkyl halides is 2. The lowest BCUT2D eigenvalue weighted by molar-refractivity contribution is -0.129. The Morgan fingerprint density at radius 2 is 1.93 bits per heavy atom. The minimum absolute atomic E-state index is 0.0235. The molecule has 0 aliphatic carbocycles. The molecule has 2 aliphatic heterocycles. The van der Waals surface area contributed by atoms with E-state index in [1.54, 1.807) is 17.2 Å². The molecule has 2 aliphatic rings. The van der Waals surface area contributed by atoms with Crippen molar-refractivity contribution in [2.75, 3.05) is 24.2 Å². The number of carbonyl (C=O) groups excluding carboxylic acids is 2. The number of nitrogens with one attached hydrogen (secondary N) is 2. The molecular formula is C31H31ClF2N4O3. The SMILES string of the molecule is CNc1ccc2c(c1)NC(=O)C(C)CCCC(N1CCC(c3cc(Cl)ccc3OC(F)F)=CC1=O)c1cc-2ccn1. The zero-order chi connectivity index (χ0) is 29.1. The molecule has 2 atom stereocenters. The fraction of sp³-hybridized carbons (Fsp3) is 0.323. The minimum atomic E-state index is -3.00. The van der Waals surface area contributed by atoms with Gasteiger partial charge in [-0.05, 0) is 72.9 Å². The molecule has 0 saturated carbocycles. The Morgan fingerprint density at radius 1 is 1.10 bits per heavy atom. The van der Waals surface area contributed by atoms with Crippen molar-refractivity contribution in [2.24, 2.45) is 5.92 Å². The summed E-state index contributed by atoms with van der Waals surface area (Å²) in [4.78, 5) is 33.1. The van der Waals surface area contributed by atoms with E-state index in [1.165, 1.54) is 18.2 Å². The van der Waals surface area contributed by atoms with Crippen LogP contribution in [0.1, 0.15) is 49.9 Å². The predicted molar refractivity (Wildman–Crippen MR) is 156 cm³/mol. The zero-order valence-corrected chi connectivity index (χ0v) is 23.6. The van der Waals surface area contributed by atoms with E-state index in [1.807, 2.05) is 44.3 Å². The van der Waals surface area contributed by atoms with Gasteiger partial charge < -0.3 is 20.3 Å². The fourth-order valence-corrected chi connectivity index (χ4v) is 5.62. The van der Waals surface area contributed by atoms with E-state index in [2.05, 4.69) is 15.6 Å².